The summed E-state index contributed by atoms with van der Waals surface area (Å²) in [6, 6.07) is 0.135. The molecule has 0 bridgehead atoms. The first kappa shape index (κ1) is 13.3. The largest absolute Gasteiger partial charge is 0.468 e. The molecule has 1 aliphatic rings. The molecule has 1 saturated heterocycles. The van der Waals surface area contributed by atoms with Crippen LogP contribution in [0.15, 0.2) is 0 Å². The Balaban J connectivity index is 2.34. The number of carbonyl (C=O) groups excluding carboxylic acids is 1. The van der Waals surface area contributed by atoms with Crippen LogP contribution in [0.5, 0.6) is 0 Å². The molecule has 92 valence electrons. The first-order valence-electron chi connectivity index (χ1n) is 5.37. The minimum Gasteiger partial charge on any atom is -0.468 e. The molecule has 16 heavy (non-hydrogen) atoms. The monoisotopic (exact) mass is 245 g/mol. The van der Waals surface area contributed by atoms with Crippen LogP contribution in [0.4, 0.5) is 0 Å². The van der Waals surface area contributed by atoms with E-state index in [0.717, 1.165) is 26.2 Å². The van der Waals surface area contributed by atoms with E-state index in [0.29, 0.717) is 11.5 Å². The number of methoxy groups -OCH3 is 1. The van der Waals surface area contributed by atoms with E-state index >= 15 is 0 Å². The number of rotatable bonds is 4. The van der Waals surface area contributed by atoms with Crippen LogP contribution in [-0.4, -0.2) is 66.6 Å². The molecule has 0 amide bonds. The molecule has 2 N–H and O–H groups in total. The number of hydrogen-bond acceptors (Lipinski definition) is 5. The average molecular weight is 245 g/mol. The van der Waals surface area contributed by atoms with Crippen LogP contribution in [0.3, 0.4) is 0 Å². The van der Waals surface area contributed by atoms with Gasteiger partial charge in [-0.1, -0.05) is 12.2 Å². The molecule has 1 unspecified atom stereocenters. The minimum absolute atomic E-state index is 0.135. The van der Waals surface area contributed by atoms with Gasteiger partial charge in [0.2, 0.25) is 0 Å². The molecule has 6 heteroatoms. The van der Waals surface area contributed by atoms with Gasteiger partial charge in [-0.3, -0.25) is 14.6 Å². The van der Waals surface area contributed by atoms with E-state index in [1.165, 1.54) is 7.11 Å². The smallest absolute Gasteiger partial charge is 0.319 e. The van der Waals surface area contributed by atoms with E-state index < -0.39 is 0 Å². The highest BCUT2D eigenvalue weighted by Crippen LogP contribution is 2.06. The Bertz CT molecular complexity index is 265. The van der Waals surface area contributed by atoms with Gasteiger partial charge in [0, 0.05) is 26.2 Å². The zero-order chi connectivity index (χ0) is 12.1. The van der Waals surface area contributed by atoms with Gasteiger partial charge >= 0.3 is 5.97 Å². The zero-order valence-electron chi connectivity index (χ0n) is 9.81. The lowest BCUT2D eigenvalue weighted by molar-refractivity contribution is -0.142. The highest BCUT2D eigenvalue weighted by molar-refractivity contribution is 7.80. The number of hydrogen-bond donors (Lipinski definition) is 1. The van der Waals surface area contributed by atoms with E-state index in [4.69, 9.17) is 18.0 Å². The van der Waals surface area contributed by atoms with Crippen molar-refractivity contribution in [3.8, 4) is 0 Å². The number of esters is 1. The Morgan fingerprint density at radius 3 is 2.44 bits per heavy atom. The number of piperazine rings is 1. The van der Waals surface area contributed by atoms with Crippen LogP contribution in [0.1, 0.15) is 6.92 Å². The lowest BCUT2D eigenvalue weighted by atomic mass is 10.2. The SMILES string of the molecule is COC(=O)CN1CCN(C(C)C(N)=S)CC1. The molecule has 1 atom stereocenters. The van der Waals surface area contributed by atoms with Crippen LogP contribution in [0, 0.1) is 0 Å². The number of carbonyl (C=O) groups is 1. The molecule has 0 aromatic carbocycles. The molecular weight excluding hydrogens is 226 g/mol. The summed E-state index contributed by atoms with van der Waals surface area (Å²) < 4.78 is 4.63. The highest BCUT2D eigenvalue weighted by Gasteiger charge is 2.23. The number of nitrogens with zero attached hydrogens (tertiary/aromatic N) is 2. The van der Waals surface area contributed by atoms with Gasteiger partial charge in [-0.2, -0.15) is 0 Å². The zero-order valence-corrected chi connectivity index (χ0v) is 10.6. The summed E-state index contributed by atoms with van der Waals surface area (Å²) in [6.07, 6.45) is 0. The van der Waals surface area contributed by atoms with Crippen molar-refractivity contribution in [2.75, 3.05) is 39.8 Å². The van der Waals surface area contributed by atoms with Crippen molar-refractivity contribution in [2.45, 2.75) is 13.0 Å². The van der Waals surface area contributed by atoms with Gasteiger partial charge in [-0.25, -0.2) is 0 Å². The predicted molar refractivity (Wildman–Crippen MR) is 66.3 cm³/mol. The fourth-order valence-corrected chi connectivity index (χ4v) is 1.88. The van der Waals surface area contributed by atoms with Gasteiger partial charge in [0.05, 0.1) is 24.7 Å². The average Bonchev–Trinajstić information content (AvgIpc) is 2.28. The van der Waals surface area contributed by atoms with Crippen LogP contribution in [-0.2, 0) is 9.53 Å². The summed E-state index contributed by atoms with van der Waals surface area (Å²) in [5.74, 6) is -0.184. The second-order valence-corrected chi connectivity index (χ2v) is 4.44. The lowest BCUT2D eigenvalue weighted by Gasteiger charge is -2.37. The lowest BCUT2D eigenvalue weighted by Crippen LogP contribution is -2.53. The van der Waals surface area contributed by atoms with Crippen molar-refractivity contribution in [2.24, 2.45) is 5.73 Å². The summed E-state index contributed by atoms with van der Waals surface area (Å²) >= 11 is 4.97. The Labute approximate surface area is 102 Å². The van der Waals surface area contributed by atoms with Gasteiger partial charge in [-0.05, 0) is 6.92 Å². The first-order chi connectivity index (χ1) is 7.54. The summed E-state index contributed by atoms with van der Waals surface area (Å²) in [6.45, 7) is 5.85. The van der Waals surface area contributed by atoms with Crippen LogP contribution in [0.2, 0.25) is 0 Å². The van der Waals surface area contributed by atoms with Crippen molar-refractivity contribution < 1.29 is 9.53 Å². The third-order valence-electron chi connectivity index (χ3n) is 2.95. The molecule has 0 aromatic heterocycles. The van der Waals surface area contributed by atoms with Crippen molar-refractivity contribution in [1.29, 1.82) is 0 Å². The van der Waals surface area contributed by atoms with Crippen molar-refractivity contribution in [3.63, 3.8) is 0 Å². The second-order valence-electron chi connectivity index (χ2n) is 3.97. The van der Waals surface area contributed by atoms with Gasteiger partial charge in [0.25, 0.3) is 0 Å². The number of nitrogens with two attached hydrogens (primary N) is 1. The molecular formula is C10H19N3O2S. The predicted octanol–water partition coefficient (Wildman–Crippen LogP) is -0.548. The Hall–Kier alpha value is -0.720. The standard InChI is InChI=1S/C10H19N3O2S/c1-8(10(11)16)13-5-3-12(4-6-13)7-9(14)15-2/h8H,3-7H2,1-2H3,(H2,11,16). The number of ether oxygens (including phenoxy) is 1. The van der Waals surface area contributed by atoms with Crippen LogP contribution in [0.25, 0.3) is 0 Å². The van der Waals surface area contributed by atoms with E-state index in [9.17, 15) is 4.79 Å². The third kappa shape index (κ3) is 3.70. The van der Waals surface area contributed by atoms with Gasteiger partial charge < -0.3 is 10.5 Å². The van der Waals surface area contributed by atoms with Gasteiger partial charge in [0.15, 0.2) is 0 Å². The van der Waals surface area contributed by atoms with E-state index in [1.807, 2.05) is 6.92 Å². The molecule has 0 spiro atoms. The molecule has 1 aliphatic heterocycles. The fourth-order valence-electron chi connectivity index (χ4n) is 1.74. The van der Waals surface area contributed by atoms with Crippen molar-refractivity contribution in [1.82, 2.24) is 9.80 Å². The molecule has 5 nitrogen and oxygen atoms in total. The van der Waals surface area contributed by atoms with Gasteiger partial charge in [0.1, 0.15) is 0 Å². The summed E-state index contributed by atoms with van der Waals surface area (Å²) in [7, 11) is 1.41. The molecule has 0 radical (unpaired) electrons. The fraction of sp³-hybridized carbons (Fsp3) is 0.800. The maximum atomic E-state index is 11.1. The maximum absolute atomic E-state index is 11.1. The highest BCUT2D eigenvalue weighted by atomic mass is 32.1. The van der Waals surface area contributed by atoms with E-state index in [-0.39, 0.29) is 12.0 Å². The molecule has 0 saturated carbocycles. The summed E-state index contributed by atoms with van der Waals surface area (Å²) in [5, 5.41) is 0. The Morgan fingerprint density at radius 1 is 1.44 bits per heavy atom. The van der Waals surface area contributed by atoms with Gasteiger partial charge in [-0.15, -0.1) is 0 Å². The Kier molecular flexibility index (Phi) is 5.11. The Morgan fingerprint density at radius 2 is 2.00 bits per heavy atom. The quantitative estimate of drug-likeness (QED) is 0.530. The van der Waals surface area contributed by atoms with E-state index in [1.54, 1.807) is 0 Å². The number of thiocarbonyl (C=S) groups is 1. The minimum atomic E-state index is -0.184. The molecule has 0 aromatic rings. The van der Waals surface area contributed by atoms with Crippen LogP contribution >= 0.6 is 12.2 Å². The first-order valence-corrected chi connectivity index (χ1v) is 5.78. The van der Waals surface area contributed by atoms with Crippen LogP contribution < -0.4 is 5.73 Å². The molecule has 1 rings (SSSR count). The topological polar surface area (TPSA) is 58.8 Å². The molecule has 0 aliphatic carbocycles. The molecule has 1 fully saturated rings. The summed E-state index contributed by atoms with van der Waals surface area (Å²) in [5.41, 5.74) is 5.61. The van der Waals surface area contributed by atoms with E-state index in [2.05, 4.69) is 14.5 Å². The summed E-state index contributed by atoms with van der Waals surface area (Å²) in [4.78, 5) is 15.9. The van der Waals surface area contributed by atoms with Crippen molar-refractivity contribution in [3.05, 3.63) is 0 Å². The normalized spacial score (nSPS) is 20.4. The second kappa shape index (κ2) is 6.12. The maximum Gasteiger partial charge on any atom is 0.319 e. The molecule has 1 heterocycles. The third-order valence-corrected chi connectivity index (χ3v) is 3.29. The van der Waals surface area contributed by atoms with Crippen molar-refractivity contribution >= 4 is 23.2 Å².